The number of anilines is 1. The number of carbonyl (C=O) groups is 1. The number of carbonyl (C=O) groups excluding carboxylic acids is 1. The van der Waals surface area contributed by atoms with Crippen molar-refractivity contribution in [3.8, 4) is 0 Å². The van der Waals surface area contributed by atoms with Gasteiger partial charge in [-0.2, -0.15) is 0 Å². The average Bonchev–Trinajstić information content (AvgIpc) is 2.67. The van der Waals surface area contributed by atoms with Gasteiger partial charge in [0, 0.05) is 38.3 Å². The van der Waals surface area contributed by atoms with Crippen LogP contribution in [0.15, 0.2) is 30.3 Å². The van der Waals surface area contributed by atoms with Gasteiger partial charge in [0.15, 0.2) is 0 Å². The van der Waals surface area contributed by atoms with Gasteiger partial charge in [0.05, 0.1) is 0 Å². The highest BCUT2D eigenvalue weighted by molar-refractivity contribution is 5.76. The lowest BCUT2D eigenvalue weighted by atomic mass is 9.91. The van der Waals surface area contributed by atoms with E-state index in [1.54, 1.807) is 12.1 Å². The monoisotopic (exact) mass is 370 g/mol. The third kappa shape index (κ3) is 5.49. The van der Waals surface area contributed by atoms with Gasteiger partial charge in [0.2, 0.25) is 5.91 Å². The summed E-state index contributed by atoms with van der Waals surface area (Å²) in [7, 11) is 1.86. The van der Waals surface area contributed by atoms with Gasteiger partial charge in [0.1, 0.15) is 17.5 Å². The summed E-state index contributed by atoms with van der Waals surface area (Å²) >= 11 is 0. The van der Waals surface area contributed by atoms with Crippen LogP contribution in [0.5, 0.6) is 0 Å². The molecule has 0 radical (unpaired) electrons. The van der Waals surface area contributed by atoms with Gasteiger partial charge < -0.3 is 10.2 Å². The Morgan fingerprint density at radius 3 is 2.59 bits per heavy atom. The zero-order chi connectivity index (χ0) is 19.2. The summed E-state index contributed by atoms with van der Waals surface area (Å²) in [4.78, 5) is 23.3. The van der Waals surface area contributed by atoms with E-state index in [-0.39, 0.29) is 11.7 Å². The third-order valence-electron chi connectivity index (χ3n) is 5.15. The van der Waals surface area contributed by atoms with Crippen LogP contribution in [0.2, 0.25) is 0 Å². The Balaban J connectivity index is 1.46. The standard InChI is InChI=1S/C21H27FN4O/c1-15-24-19(14-20(23-2)25-15)13-17-9-11-26(12-10-17)21(27)8-5-16-3-6-18(22)7-4-16/h3-4,6-7,14,17H,5,8-13H2,1-2H3,(H,23,24,25). The molecule has 1 aromatic heterocycles. The molecular weight excluding hydrogens is 343 g/mol. The summed E-state index contributed by atoms with van der Waals surface area (Å²) < 4.78 is 12.9. The number of piperidine rings is 1. The van der Waals surface area contributed by atoms with Crippen molar-refractivity contribution in [2.75, 3.05) is 25.5 Å². The van der Waals surface area contributed by atoms with Crippen molar-refractivity contribution < 1.29 is 9.18 Å². The Kier molecular flexibility index (Phi) is 6.37. The number of amides is 1. The van der Waals surface area contributed by atoms with Crippen molar-refractivity contribution in [3.05, 3.63) is 53.2 Å². The van der Waals surface area contributed by atoms with Crippen LogP contribution in [0.3, 0.4) is 0 Å². The Labute approximate surface area is 160 Å². The van der Waals surface area contributed by atoms with E-state index in [1.807, 2.05) is 24.9 Å². The summed E-state index contributed by atoms with van der Waals surface area (Å²) in [6.45, 7) is 3.51. The van der Waals surface area contributed by atoms with E-state index in [4.69, 9.17) is 0 Å². The Hall–Kier alpha value is -2.50. The normalized spacial score (nSPS) is 15.0. The number of nitrogens with zero attached hydrogens (tertiary/aromatic N) is 3. The molecule has 0 aliphatic carbocycles. The molecule has 5 nitrogen and oxygen atoms in total. The number of likely N-dealkylation sites (tertiary alicyclic amines) is 1. The number of nitrogens with one attached hydrogen (secondary N) is 1. The highest BCUT2D eigenvalue weighted by Crippen LogP contribution is 2.22. The smallest absolute Gasteiger partial charge is 0.222 e. The lowest BCUT2D eigenvalue weighted by Gasteiger charge is -2.32. The molecular formula is C21H27FN4O. The summed E-state index contributed by atoms with van der Waals surface area (Å²) in [6, 6.07) is 8.39. The molecule has 1 saturated heterocycles. The van der Waals surface area contributed by atoms with Crippen molar-refractivity contribution in [1.29, 1.82) is 0 Å². The van der Waals surface area contributed by atoms with Gasteiger partial charge in [-0.05, 0) is 56.2 Å². The van der Waals surface area contributed by atoms with E-state index < -0.39 is 0 Å². The number of hydrogen-bond acceptors (Lipinski definition) is 4. The van der Waals surface area contributed by atoms with Gasteiger partial charge in [-0.15, -0.1) is 0 Å². The molecule has 1 N–H and O–H groups in total. The van der Waals surface area contributed by atoms with Crippen LogP contribution >= 0.6 is 0 Å². The highest BCUT2D eigenvalue weighted by Gasteiger charge is 2.23. The molecule has 0 spiro atoms. The fourth-order valence-corrected chi connectivity index (χ4v) is 3.60. The SMILES string of the molecule is CNc1cc(CC2CCN(C(=O)CCc3ccc(F)cc3)CC2)nc(C)n1. The lowest BCUT2D eigenvalue weighted by Crippen LogP contribution is -2.39. The van der Waals surface area contributed by atoms with Crippen molar-refractivity contribution >= 4 is 11.7 Å². The van der Waals surface area contributed by atoms with Crippen LogP contribution < -0.4 is 5.32 Å². The summed E-state index contributed by atoms with van der Waals surface area (Å²) in [5.41, 5.74) is 2.06. The van der Waals surface area contributed by atoms with Crippen LogP contribution in [0, 0.1) is 18.7 Å². The van der Waals surface area contributed by atoms with E-state index in [1.165, 1.54) is 12.1 Å². The van der Waals surface area contributed by atoms with E-state index in [9.17, 15) is 9.18 Å². The first-order valence-corrected chi connectivity index (χ1v) is 9.58. The zero-order valence-electron chi connectivity index (χ0n) is 16.0. The van der Waals surface area contributed by atoms with E-state index in [0.717, 1.165) is 55.3 Å². The summed E-state index contributed by atoms with van der Waals surface area (Å²) in [5, 5.41) is 3.07. The van der Waals surface area contributed by atoms with Gasteiger partial charge in [0.25, 0.3) is 0 Å². The maximum absolute atomic E-state index is 12.9. The predicted octanol–water partition coefficient (Wildman–Crippen LogP) is 3.38. The Morgan fingerprint density at radius 2 is 1.93 bits per heavy atom. The molecule has 27 heavy (non-hydrogen) atoms. The van der Waals surface area contributed by atoms with Crippen molar-refractivity contribution in [2.24, 2.45) is 5.92 Å². The molecule has 6 heteroatoms. The highest BCUT2D eigenvalue weighted by atomic mass is 19.1. The van der Waals surface area contributed by atoms with Crippen molar-refractivity contribution in [1.82, 2.24) is 14.9 Å². The summed E-state index contributed by atoms with van der Waals surface area (Å²) in [6.07, 6.45) is 4.06. The number of aryl methyl sites for hydroxylation is 2. The van der Waals surface area contributed by atoms with Crippen LogP contribution in [-0.2, 0) is 17.6 Å². The fraction of sp³-hybridized carbons (Fsp3) is 0.476. The van der Waals surface area contributed by atoms with Crippen LogP contribution in [-0.4, -0.2) is 40.9 Å². The topological polar surface area (TPSA) is 58.1 Å². The average molecular weight is 370 g/mol. The zero-order valence-corrected chi connectivity index (χ0v) is 16.0. The minimum atomic E-state index is -0.243. The van der Waals surface area contributed by atoms with Gasteiger partial charge >= 0.3 is 0 Å². The molecule has 0 atom stereocenters. The second-order valence-electron chi connectivity index (χ2n) is 7.20. The van der Waals surface area contributed by atoms with Crippen LogP contribution in [0.25, 0.3) is 0 Å². The maximum atomic E-state index is 12.9. The van der Waals surface area contributed by atoms with E-state index in [0.29, 0.717) is 18.8 Å². The largest absolute Gasteiger partial charge is 0.373 e. The van der Waals surface area contributed by atoms with E-state index >= 15 is 0 Å². The first-order chi connectivity index (χ1) is 13.0. The first-order valence-electron chi connectivity index (χ1n) is 9.58. The van der Waals surface area contributed by atoms with Crippen molar-refractivity contribution in [3.63, 3.8) is 0 Å². The quantitative estimate of drug-likeness (QED) is 0.847. The fourth-order valence-electron chi connectivity index (χ4n) is 3.60. The molecule has 1 aromatic carbocycles. The van der Waals surface area contributed by atoms with Crippen molar-refractivity contribution in [2.45, 2.75) is 39.0 Å². The minimum absolute atomic E-state index is 0.188. The number of benzene rings is 1. The first kappa shape index (κ1) is 19.3. The lowest BCUT2D eigenvalue weighted by molar-refractivity contribution is -0.132. The molecule has 1 aliphatic heterocycles. The molecule has 0 bridgehead atoms. The summed E-state index contributed by atoms with van der Waals surface area (Å²) in [5.74, 6) is 2.13. The Morgan fingerprint density at radius 1 is 1.22 bits per heavy atom. The molecule has 3 rings (SSSR count). The predicted molar refractivity (Wildman–Crippen MR) is 104 cm³/mol. The molecule has 1 aliphatic rings. The minimum Gasteiger partial charge on any atom is -0.373 e. The van der Waals surface area contributed by atoms with Gasteiger partial charge in [-0.25, -0.2) is 14.4 Å². The van der Waals surface area contributed by atoms with Crippen LogP contribution in [0.4, 0.5) is 10.2 Å². The van der Waals surface area contributed by atoms with Gasteiger partial charge in [-0.1, -0.05) is 12.1 Å². The molecule has 144 valence electrons. The number of rotatable bonds is 6. The number of hydrogen-bond donors (Lipinski definition) is 1. The number of aromatic nitrogens is 2. The molecule has 0 saturated carbocycles. The molecule has 2 aromatic rings. The number of halogens is 1. The molecule has 0 unspecified atom stereocenters. The third-order valence-corrected chi connectivity index (χ3v) is 5.15. The van der Waals surface area contributed by atoms with Gasteiger partial charge in [-0.3, -0.25) is 4.79 Å². The second kappa shape index (κ2) is 8.93. The maximum Gasteiger partial charge on any atom is 0.222 e. The molecule has 1 fully saturated rings. The molecule has 1 amide bonds. The second-order valence-corrected chi connectivity index (χ2v) is 7.20. The van der Waals surface area contributed by atoms with Crippen LogP contribution in [0.1, 0.15) is 36.3 Å². The molecule has 2 heterocycles. The Bertz CT molecular complexity index is 770. The van der Waals surface area contributed by atoms with E-state index in [2.05, 4.69) is 15.3 Å².